The predicted molar refractivity (Wildman–Crippen MR) is 133 cm³/mol. The van der Waals surface area contributed by atoms with Gasteiger partial charge in [-0.05, 0) is 29.8 Å². The van der Waals surface area contributed by atoms with Crippen LogP contribution in [0.3, 0.4) is 0 Å². The molecule has 4 N–H and O–H groups in total. The lowest BCUT2D eigenvalue weighted by Crippen LogP contribution is -2.56. The molecule has 1 saturated heterocycles. The minimum Gasteiger partial charge on any atom is -0.352 e. The number of halogens is 1. The van der Waals surface area contributed by atoms with Crippen molar-refractivity contribution in [3.8, 4) is 34.0 Å². The summed E-state index contributed by atoms with van der Waals surface area (Å²) >= 11 is 0. The van der Waals surface area contributed by atoms with Crippen LogP contribution >= 0.6 is 0 Å². The van der Waals surface area contributed by atoms with Gasteiger partial charge in [-0.3, -0.25) is 15.1 Å². The highest BCUT2D eigenvalue weighted by Gasteiger charge is 2.25. The largest absolute Gasteiger partial charge is 0.352 e. The molecule has 0 atom stereocenters. The van der Waals surface area contributed by atoms with E-state index in [2.05, 4.69) is 35.0 Å². The minimum atomic E-state index is -0.310. The van der Waals surface area contributed by atoms with E-state index < -0.39 is 0 Å². The first kappa shape index (κ1) is 20.6. The summed E-state index contributed by atoms with van der Waals surface area (Å²) in [4.78, 5) is 28.2. The molecule has 6 heterocycles. The summed E-state index contributed by atoms with van der Waals surface area (Å²) in [5.41, 5.74) is 11.3. The second-order valence-electron chi connectivity index (χ2n) is 8.77. The number of hydrogen-bond acceptors (Lipinski definition) is 8. The van der Waals surface area contributed by atoms with Crippen molar-refractivity contribution in [3.63, 3.8) is 0 Å². The van der Waals surface area contributed by atoms with Crippen LogP contribution in [0.5, 0.6) is 0 Å². The number of fused-ring (bicyclic) bond motifs is 2. The third kappa shape index (κ3) is 3.36. The van der Waals surface area contributed by atoms with Gasteiger partial charge in [0.05, 0.1) is 29.8 Å². The van der Waals surface area contributed by atoms with Crippen LogP contribution in [0.2, 0.25) is 0 Å². The number of rotatable bonds is 4. The molecule has 11 heteroatoms. The van der Waals surface area contributed by atoms with Crippen molar-refractivity contribution < 1.29 is 4.39 Å². The average Bonchev–Trinajstić information content (AvgIpc) is 3.50. The van der Waals surface area contributed by atoms with Gasteiger partial charge in [0.1, 0.15) is 28.5 Å². The van der Waals surface area contributed by atoms with Crippen molar-refractivity contribution in [2.45, 2.75) is 6.04 Å². The van der Waals surface area contributed by atoms with Crippen LogP contribution in [0.25, 0.3) is 56.1 Å². The highest BCUT2D eigenvalue weighted by Crippen LogP contribution is 2.32. The number of H-pyrrole nitrogens is 2. The number of pyridine rings is 2. The molecular formula is C25H19FN10. The molecule has 176 valence electrons. The number of nitrogens with one attached hydrogen (secondary N) is 2. The molecule has 36 heavy (non-hydrogen) atoms. The van der Waals surface area contributed by atoms with Crippen LogP contribution in [0.4, 0.5) is 10.2 Å². The second kappa shape index (κ2) is 7.89. The summed E-state index contributed by atoms with van der Waals surface area (Å²) in [6, 6.07) is 10.3. The summed E-state index contributed by atoms with van der Waals surface area (Å²) in [6.45, 7) is 1.52. The number of anilines is 1. The average molecular weight is 478 g/mol. The first-order valence-electron chi connectivity index (χ1n) is 11.4. The van der Waals surface area contributed by atoms with Gasteiger partial charge in [-0.2, -0.15) is 5.10 Å². The lowest BCUT2D eigenvalue weighted by molar-refractivity contribution is 0.514. The smallest absolute Gasteiger partial charge is 0.160 e. The topological polar surface area (TPSA) is 138 Å². The number of benzene rings is 1. The van der Waals surface area contributed by atoms with E-state index in [0.717, 1.165) is 40.9 Å². The number of hydrogen-bond donors (Lipinski definition) is 3. The molecular weight excluding hydrogens is 459 g/mol. The Kier molecular flexibility index (Phi) is 4.51. The minimum absolute atomic E-state index is 0.165. The Labute approximate surface area is 203 Å². The Morgan fingerprint density at radius 3 is 2.78 bits per heavy atom. The third-order valence-corrected chi connectivity index (χ3v) is 6.31. The molecule has 0 aliphatic carbocycles. The fraction of sp³-hybridized carbons (Fsp3) is 0.120. The molecule has 0 bridgehead atoms. The van der Waals surface area contributed by atoms with E-state index in [1.165, 1.54) is 12.1 Å². The molecule has 1 fully saturated rings. The zero-order valence-corrected chi connectivity index (χ0v) is 18.9. The van der Waals surface area contributed by atoms with Crippen molar-refractivity contribution in [2.24, 2.45) is 5.73 Å². The molecule has 10 nitrogen and oxygen atoms in total. The first-order valence-corrected chi connectivity index (χ1v) is 11.4. The molecule has 6 aromatic rings. The maximum Gasteiger partial charge on any atom is 0.160 e. The van der Waals surface area contributed by atoms with Crippen LogP contribution < -0.4 is 10.6 Å². The van der Waals surface area contributed by atoms with E-state index in [1.807, 2.05) is 18.2 Å². The molecule has 1 aliphatic heterocycles. The highest BCUT2D eigenvalue weighted by atomic mass is 19.1. The number of nitrogens with zero attached hydrogens (tertiary/aromatic N) is 7. The maximum absolute atomic E-state index is 13.9. The number of aromatic nitrogens is 8. The Morgan fingerprint density at radius 2 is 1.92 bits per heavy atom. The molecule has 7 rings (SSSR count). The molecule has 0 saturated carbocycles. The molecule has 0 radical (unpaired) electrons. The van der Waals surface area contributed by atoms with E-state index in [-0.39, 0.29) is 11.9 Å². The Balaban J connectivity index is 1.31. The second-order valence-corrected chi connectivity index (χ2v) is 8.77. The summed E-state index contributed by atoms with van der Waals surface area (Å²) in [6.07, 6.45) is 6.81. The Hall–Kier alpha value is -4.77. The molecule has 0 amide bonds. The standard InChI is InChI=1S/C25H19FN10/c26-14-3-1-2-13(6-14)16-4-5-29-24-22(16)32-25(33-24)23-17-7-18(30-9-19(17)34-35-23)20-8-28-10-21(31-20)36-11-15(27)12-36/h1-10,15H,11-12,27H2,(H,34,35)(H,29,32,33). The number of nitrogens with two attached hydrogens (primary N) is 1. The van der Waals surface area contributed by atoms with Crippen molar-refractivity contribution >= 4 is 27.9 Å². The number of imidazole rings is 1. The zero-order valence-electron chi connectivity index (χ0n) is 18.9. The monoisotopic (exact) mass is 478 g/mol. The fourth-order valence-corrected chi connectivity index (χ4v) is 4.48. The molecule has 1 aromatic carbocycles. The lowest BCUT2D eigenvalue weighted by Gasteiger charge is -2.37. The fourth-order valence-electron chi connectivity index (χ4n) is 4.48. The SMILES string of the molecule is NC1CN(c2cncc(-c3cc4c(-c5nc6c(-c7cccc(F)c7)ccnc6[nH]5)n[nH]c4cn3)n2)C1. The maximum atomic E-state index is 13.9. The Morgan fingerprint density at radius 1 is 1.00 bits per heavy atom. The lowest BCUT2D eigenvalue weighted by atomic mass is 10.1. The Bertz CT molecular complexity index is 1750. The van der Waals surface area contributed by atoms with Gasteiger partial charge in [0, 0.05) is 36.3 Å². The van der Waals surface area contributed by atoms with E-state index >= 15 is 0 Å². The van der Waals surface area contributed by atoms with Crippen LogP contribution in [-0.4, -0.2) is 59.2 Å². The van der Waals surface area contributed by atoms with Crippen LogP contribution in [-0.2, 0) is 0 Å². The predicted octanol–water partition coefficient (Wildman–Crippen LogP) is 3.31. The quantitative estimate of drug-likeness (QED) is 0.351. The van der Waals surface area contributed by atoms with Crippen molar-refractivity contribution in [2.75, 3.05) is 18.0 Å². The summed E-state index contributed by atoms with van der Waals surface area (Å²) in [5, 5.41) is 8.32. The highest BCUT2D eigenvalue weighted by molar-refractivity contribution is 5.96. The van der Waals surface area contributed by atoms with Gasteiger partial charge in [-0.15, -0.1) is 0 Å². The van der Waals surface area contributed by atoms with E-state index in [9.17, 15) is 4.39 Å². The van der Waals surface area contributed by atoms with Crippen molar-refractivity contribution in [3.05, 3.63) is 67.0 Å². The molecule has 0 spiro atoms. The van der Waals surface area contributed by atoms with Crippen molar-refractivity contribution in [1.82, 2.24) is 40.1 Å². The van der Waals surface area contributed by atoms with Crippen molar-refractivity contribution in [1.29, 1.82) is 0 Å². The third-order valence-electron chi connectivity index (χ3n) is 6.31. The number of aromatic amines is 2. The first-order chi connectivity index (χ1) is 17.6. The van der Waals surface area contributed by atoms with Gasteiger partial charge in [-0.25, -0.2) is 19.3 Å². The van der Waals surface area contributed by atoms with Gasteiger partial charge in [0.15, 0.2) is 11.5 Å². The van der Waals surface area contributed by atoms with Crippen LogP contribution in [0.1, 0.15) is 0 Å². The van der Waals surface area contributed by atoms with Gasteiger partial charge in [0.25, 0.3) is 0 Å². The summed E-state index contributed by atoms with van der Waals surface area (Å²) in [5.74, 6) is 1.01. The van der Waals surface area contributed by atoms with E-state index in [0.29, 0.717) is 34.1 Å². The van der Waals surface area contributed by atoms with Crippen LogP contribution in [0, 0.1) is 5.82 Å². The van der Waals surface area contributed by atoms with Gasteiger partial charge < -0.3 is 15.6 Å². The molecule has 0 unspecified atom stereocenters. The zero-order chi connectivity index (χ0) is 24.2. The van der Waals surface area contributed by atoms with E-state index in [4.69, 9.17) is 15.7 Å². The molecule has 5 aromatic heterocycles. The van der Waals surface area contributed by atoms with Gasteiger partial charge >= 0.3 is 0 Å². The van der Waals surface area contributed by atoms with E-state index in [1.54, 1.807) is 30.9 Å². The summed E-state index contributed by atoms with van der Waals surface area (Å²) in [7, 11) is 0. The van der Waals surface area contributed by atoms with Crippen LogP contribution in [0.15, 0.2) is 61.2 Å². The molecule has 1 aliphatic rings. The van der Waals surface area contributed by atoms with Gasteiger partial charge in [-0.1, -0.05) is 12.1 Å². The normalized spacial score (nSPS) is 14.0. The summed E-state index contributed by atoms with van der Waals surface area (Å²) < 4.78 is 13.9. The van der Waals surface area contributed by atoms with Gasteiger partial charge in [0.2, 0.25) is 0 Å².